The van der Waals surface area contributed by atoms with Crippen molar-refractivity contribution in [2.75, 3.05) is 6.54 Å². The van der Waals surface area contributed by atoms with Gasteiger partial charge in [0.05, 0.1) is 0 Å². The van der Waals surface area contributed by atoms with Crippen LogP contribution in [0.2, 0.25) is 0 Å². The predicted octanol–water partition coefficient (Wildman–Crippen LogP) is -1.66. The molecule has 0 fully saturated rings. The summed E-state index contributed by atoms with van der Waals surface area (Å²) in [6, 6.07) is 0. The van der Waals surface area contributed by atoms with E-state index in [9.17, 15) is 4.79 Å². The summed E-state index contributed by atoms with van der Waals surface area (Å²) < 4.78 is 0. The van der Waals surface area contributed by atoms with Crippen LogP contribution in [0.5, 0.6) is 0 Å². The Bertz CT molecular complexity index is 120. The van der Waals surface area contributed by atoms with E-state index in [2.05, 4.69) is 4.99 Å². The van der Waals surface area contributed by atoms with Gasteiger partial charge in [-0.05, 0) is 0 Å². The second kappa shape index (κ2) is 5.41. The van der Waals surface area contributed by atoms with Crippen molar-refractivity contribution >= 4 is 11.9 Å². The monoisotopic (exact) mass is 169 g/mol. The molecule has 0 aromatic rings. The molecule has 0 spiro atoms. The van der Waals surface area contributed by atoms with E-state index in [4.69, 9.17) is 16.6 Å². The van der Waals surface area contributed by atoms with Crippen molar-refractivity contribution in [1.29, 1.82) is 0 Å². The molecule has 0 amide bonds. The van der Waals surface area contributed by atoms with Crippen molar-refractivity contribution < 1.29 is 27.3 Å². The fourth-order valence-corrected chi connectivity index (χ4v) is 0.159. The van der Waals surface area contributed by atoms with E-state index in [0.717, 1.165) is 0 Å². The predicted molar refractivity (Wildman–Crippen MR) is 28.3 cm³/mol. The van der Waals surface area contributed by atoms with Crippen molar-refractivity contribution in [3.05, 3.63) is 0 Å². The summed E-state index contributed by atoms with van der Waals surface area (Å²) >= 11 is 0. The molecule has 6 heteroatoms. The maximum absolute atomic E-state index is 9.69. The number of aliphatic imine (C=N–C) groups is 1. The Morgan fingerprint density at radius 2 is 2.00 bits per heavy atom. The largest absolute Gasteiger partial charge is 0.480 e. The van der Waals surface area contributed by atoms with Gasteiger partial charge in [0.1, 0.15) is 6.54 Å². The van der Waals surface area contributed by atoms with Crippen LogP contribution in [0.3, 0.4) is 0 Å². The topological polar surface area (TPSA) is 102 Å². The third-order valence-corrected chi connectivity index (χ3v) is 0.397. The van der Waals surface area contributed by atoms with Crippen molar-refractivity contribution in [2.45, 2.75) is 0 Å². The fourth-order valence-electron chi connectivity index (χ4n) is 0.159. The van der Waals surface area contributed by atoms with Gasteiger partial charge in [0.2, 0.25) is 0 Å². The quantitative estimate of drug-likeness (QED) is 0.340. The van der Waals surface area contributed by atoms with Crippen molar-refractivity contribution in [3.63, 3.8) is 0 Å². The first-order valence-corrected chi connectivity index (χ1v) is 1.90. The van der Waals surface area contributed by atoms with Gasteiger partial charge in [-0.25, -0.2) is 4.99 Å². The zero-order valence-electron chi connectivity index (χ0n) is 4.57. The normalized spacial score (nSPS) is 7.11. The van der Waals surface area contributed by atoms with Crippen LogP contribution in [0.1, 0.15) is 0 Å². The summed E-state index contributed by atoms with van der Waals surface area (Å²) in [5.74, 6) is -1.24. The molecule has 0 atom stereocenters. The first-order chi connectivity index (χ1) is 3.63. The van der Waals surface area contributed by atoms with Gasteiger partial charge in [-0.2, -0.15) is 0 Å². The standard InChI is InChI=1S/C3H7N3O2.Cr/c4-3(5)6-1-2(7)8;/h1H2,(H,7,8)(H4,4,5,6);. The Hall–Kier alpha value is -0.728. The molecule has 5 N–H and O–H groups in total. The van der Waals surface area contributed by atoms with Crippen LogP contribution in [0.15, 0.2) is 4.99 Å². The molecule has 0 aromatic carbocycles. The number of nitrogens with zero attached hydrogens (tertiary/aromatic N) is 1. The summed E-state index contributed by atoms with van der Waals surface area (Å²) in [5, 5.41) is 7.94. The molecule has 0 rings (SSSR count). The van der Waals surface area contributed by atoms with Crippen LogP contribution in [0.4, 0.5) is 0 Å². The van der Waals surface area contributed by atoms with Gasteiger partial charge in [0, 0.05) is 17.4 Å². The molecule has 0 aliphatic rings. The van der Waals surface area contributed by atoms with Gasteiger partial charge in [0.15, 0.2) is 5.96 Å². The summed E-state index contributed by atoms with van der Waals surface area (Å²) in [7, 11) is 0. The number of carboxylic acid groups (broad SMARTS) is 1. The second-order valence-corrected chi connectivity index (χ2v) is 1.13. The molecule has 0 bridgehead atoms. The Kier molecular flexibility index (Phi) is 6.68. The summed E-state index contributed by atoms with van der Waals surface area (Å²) in [4.78, 5) is 12.9. The number of guanidine groups is 1. The van der Waals surface area contributed by atoms with Crippen molar-refractivity contribution in [2.24, 2.45) is 16.5 Å². The Balaban J connectivity index is 0. The van der Waals surface area contributed by atoms with Gasteiger partial charge in [-0.3, -0.25) is 4.79 Å². The van der Waals surface area contributed by atoms with Crippen LogP contribution < -0.4 is 11.5 Å². The average molecular weight is 169 g/mol. The van der Waals surface area contributed by atoms with Gasteiger partial charge in [-0.1, -0.05) is 0 Å². The van der Waals surface area contributed by atoms with Crippen LogP contribution in [-0.4, -0.2) is 23.6 Å². The van der Waals surface area contributed by atoms with E-state index in [1.54, 1.807) is 0 Å². The van der Waals surface area contributed by atoms with Crippen LogP contribution in [0.25, 0.3) is 0 Å². The van der Waals surface area contributed by atoms with Crippen molar-refractivity contribution in [3.8, 4) is 0 Å². The summed E-state index contributed by atoms with van der Waals surface area (Å²) in [6.07, 6.45) is 0. The first kappa shape index (κ1) is 11.1. The zero-order chi connectivity index (χ0) is 6.57. The van der Waals surface area contributed by atoms with Gasteiger partial charge >= 0.3 is 5.97 Å². The van der Waals surface area contributed by atoms with Gasteiger partial charge in [-0.15, -0.1) is 0 Å². The fraction of sp³-hybridized carbons (Fsp3) is 0.333. The number of rotatable bonds is 2. The summed E-state index contributed by atoms with van der Waals surface area (Å²) in [6.45, 7) is -0.359. The molecule has 0 heterocycles. The number of carbonyl (C=O) groups is 1. The third kappa shape index (κ3) is 11.1. The minimum Gasteiger partial charge on any atom is -0.480 e. The van der Waals surface area contributed by atoms with Crippen LogP contribution in [-0.2, 0) is 22.2 Å². The second-order valence-electron chi connectivity index (χ2n) is 1.13. The molecular weight excluding hydrogens is 162 g/mol. The van der Waals surface area contributed by atoms with Gasteiger partial charge < -0.3 is 16.6 Å². The maximum Gasteiger partial charge on any atom is 0.325 e. The van der Waals surface area contributed by atoms with Gasteiger partial charge in [0.25, 0.3) is 0 Å². The number of carboxylic acids is 1. The Labute approximate surface area is 62.9 Å². The third-order valence-electron chi connectivity index (χ3n) is 0.397. The van der Waals surface area contributed by atoms with Crippen LogP contribution in [0, 0.1) is 0 Å². The number of aliphatic carboxylic acids is 1. The first-order valence-electron chi connectivity index (χ1n) is 1.90. The Morgan fingerprint density at radius 3 is 2.11 bits per heavy atom. The van der Waals surface area contributed by atoms with E-state index in [1.165, 1.54) is 0 Å². The molecule has 0 aromatic heterocycles. The van der Waals surface area contributed by atoms with E-state index >= 15 is 0 Å². The minimum absolute atomic E-state index is 0. The molecule has 9 heavy (non-hydrogen) atoms. The molecule has 0 radical (unpaired) electrons. The molecule has 0 saturated carbocycles. The molecule has 52 valence electrons. The number of hydrogen-bond acceptors (Lipinski definition) is 2. The molecule has 0 aliphatic heterocycles. The minimum atomic E-state index is -1.04. The SMILES string of the molecule is NC(N)=NCC(=O)O.[Cr]. The summed E-state index contributed by atoms with van der Waals surface area (Å²) in [5.41, 5.74) is 9.61. The molecule has 0 saturated heterocycles. The van der Waals surface area contributed by atoms with Crippen molar-refractivity contribution in [1.82, 2.24) is 0 Å². The molecule has 0 unspecified atom stereocenters. The van der Waals surface area contributed by atoms with E-state index in [-0.39, 0.29) is 29.9 Å². The van der Waals surface area contributed by atoms with E-state index in [1.807, 2.05) is 0 Å². The Morgan fingerprint density at radius 1 is 1.56 bits per heavy atom. The molecule has 0 aliphatic carbocycles. The molecular formula is C3H7CrN3O2. The number of hydrogen-bond donors (Lipinski definition) is 3. The van der Waals surface area contributed by atoms with Crippen LogP contribution >= 0.6 is 0 Å². The smallest absolute Gasteiger partial charge is 0.325 e. The zero-order valence-corrected chi connectivity index (χ0v) is 5.85. The average Bonchev–Trinajstić information content (AvgIpc) is 1.61. The van der Waals surface area contributed by atoms with E-state index in [0.29, 0.717) is 0 Å². The molecule has 5 nitrogen and oxygen atoms in total. The maximum atomic E-state index is 9.69. The van der Waals surface area contributed by atoms with E-state index < -0.39 is 5.97 Å². The number of nitrogens with two attached hydrogens (primary N) is 2.